The zero-order valence-electron chi connectivity index (χ0n) is 9.70. The van der Waals surface area contributed by atoms with Crippen LogP contribution in [0, 0.1) is 0 Å². The third kappa shape index (κ3) is 2.95. The number of aromatic nitrogens is 2. The van der Waals surface area contributed by atoms with Crippen LogP contribution in [0.1, 0.15) is 0 Å². The Bertz CT molecular complexity index is 463. The Balaban J connectivity index is 2.20. The van der Waals surface area contributed by atoms with Crippen LogP contribution in [0.3, 0.4) is 0 Å². The maximum absolute atomic E-state index is 11.5. The molecule has 0 aromatic carbocycles. The predicted molar refractivity (Wildman–Crippen MR) is 61.5 cm³/mol. The van der Waals surface area contributed by atoms with Crippen molar-refractivity contribution in [3.8, 4) is 0 Å². The van der Waals surface area contributed by atoms with Gasteiger partial charge < -0.3 is 15.0 Å². The molecule has 2 rings (SSSR count). The topological polar surface area (TPSA) is 108 Å². The van der Waals surface area contributed by atoms with Crippen LogP contribution < -0.4 is 11.3 Å². The lowest BCUT2D eigenvalue weighted by Gasteiger charge is -2.22. The van der Waals surface area contributed by atoms with Crippen LogP contribution in [0.5, 0.6) is 0 Å². The number of rotatable bonds is 1. The van der Waals surface area contributed by atoms with Crippen molar-refractivity contribution in [1.82, 2.24) is 14.9 Å². The molecule has 1 fully saturated rings. The molecular weight excluding hydrogens is 239 g/mol. The molecule has 0 amide bonds. The highest BCUT2D eigenvalue weighted by molar-refractivity contribution is 6.63. The number of hydrogen-bond acceptors (Lipinski definition) is 8. The van der Waals surface area contributed by atoms with Gasteiger partial charge in [-0.3, -0.25) is 14.5 Å². The van der Waals surface area contributed by atoms with Crippen LogP contribution in [0.25, 0.3) is 0 Å². The van der Waals surface area contributed by atoms with E-state index in [4.69, 9.17) is 15.0 Å². The molecule has 2 heterocycles. The second-order valence-electron chi connectivity index (χ2n) is 3.82. The van der Waals surface area contributed by atoms with Crippen LogP contribution in [0.4, 0.5) is 5.95 Å². The van der Waals surface area contributed by atoms with Crippen molar-refractivity contribution in [1.29, 1.82) is 0 Å². The van der Waals surface area contributed by atoms with Crippen LogP contribution in [0.2, 0.25) is 0 Å². The van der Waals surface area contributed by atoms with Crippen molar-refractivity contribution >= 4 is 30.6 Å². The van der Waals surface area contributed by atoms with E-state index in [-0.39, 0.29) is 24.6 Å². The molecule has 94 valence electrons. The van der Waals surface area contributed by atoms with E-state index in [0.717, 1.165) is 0 Å². The van der Waals surface area contributed by atoms with Crippen molar-refractivity contribution in [2.45, 2.75) is 0 Å². The first-order valence-corrected chi connectivity index (χ1v) is 5.20. The van der Waals surface area contributed by atoms with E-state index in [1.54, 1.807) is 7.05 Å². The fraction of sp³-hybridized carbons (Fsp3) is 0.333. The molecule has 18 heavy (non-hydrogen) atoms. The average molecular weight is 250 g/mol. The molecule has 0 radical (unpaired) electrons. The monoisotopic (exact) mass is 250 g/mol. The zero-order valence-corrected chi connectivity index (χ0v) is 9.70. The van der Waals surface area contributed by atoms with Gasteiger partial charge in [-0.2, -0.15) is 0 Å². The molecule has 2 N–H and O–H groups in total. The van der Waals surface area contributed by atoms with Gasteiger partial charge in [0.2, 0.25) is 5.95 Å². The summed E-state index contributed by atoms with van der Waals surface area (Å²) in [7, 11) is 0.440. The summed E-state index contributed by atoms with van der Waals surface area (Å²) in [5.41, 5.74) is 5.65. The summed E-state index contributed by atoms with van der Waals surface area (Å²) in [5.74, 6) is -1.00. The first-order valence-electron chi connectivity index (χ1n) is 5.20. The summed E-state index contributed by atoms with van der Waals surface area (Å²) in [4.78, 5) is 32.0. The minimum absolute atomic E-state index is 0.00612. The molecular formula is C9H11BN4O4. The molecule has 1 aromatic rings. The minimum Gasteiger partial charge on any atom is -0.493 e. The fourth-order valence-electron chi connectivity index (χ4n) is 1.47. The van der Waals surface area contributed by atoms with Crippen LogP contribution in [0.15, 0.2) is 12.3 Å². The lowest BCUT2D eigenvalue weighted by Crippen LogP contribution is -2.48. The number of likely N-dealkylation sites (N-methyl/N-ethyl adjacent to an activating group) is 1. The molecule has 1 aromatic heterocycles. The number of carbonyl (C=O) groups excluding carboxylic acids is 2. The van der Waals surface area contributed by atoms with Gasteiger partial charge in [-0.25, -0.2) is 9.97 Å². The molecule has 0 spiro atoms. The van der Waals surface area contributed by atoms with Gasteiger partial charge in [0.05, 0.1) is 13.1 Å². The summed E-state index contributed by atoms with van der Waals surface area (Å²) >= 11 is 0. The van der Waals surface area contributed by atoms with E-state index in [1.165, 1.54) is 17.2 Å². The van der Waals surface area contributed by atoms with E-state index in [0.29, 0.717) is 0 Å². The lowest BCUT2D eigenvalue weighted by atomic mass is 9.84. The first-order chi connectivity index (χ1) is 8.54. The maximum Gasteiger partial charge on any atom is 0.656 e. The minimum atomic E-state index is -1.18. The number of hydrogen-bond donors (Lipinski definition) is 1. The number of anilines is 1. The molecule has 9 heteroatoms. The Morgan fingerprint density at radius 3 is 2.50 bits per heavy atom. The summed E-state index contributed by atoms with van der Waals surface area (Å²) < 4.78 is 10.0. The Morgan fingerprint density at radius 2 is 1.94 bits per heavy atom. The van der Waals surface area contributed by atoms with E-state index in [9.17, 15) is 9.59 Å². The standard InChI is InChI=1S/C9H11BN4O4/c1-14-4-7(15)17-10(18-8(16)5-14)6-2-3-12-9(11)13-6/h2-3H,4-5H2,1H3,(H2,11,12,13). The van der Waals surface area contributed by atoms with E-state index in [1.807, 2.05) is 0 Å². The van der Waals surface area contributed by atoms with Crippen LogP contribution in [-0.4, -0.2) is 54.1 Å². The van der Waals surface area contributed by atoms with Gasteiger partial charge in [-0.15, -0.1) is 0 Å². The van der Waals surface area contributed by atoms with Crippen LogP contribution in [-0.2, 0) is 18.9 Å². The van der Waals surface area contributed by atoms with Crippen molar-refractivity contribution in [2.75, 3.05) is 25.9 Å². The lowest BCUT2D eigenvalue weighted by molar-refractivity contribution is -0.145. The molecule has 0 bridgehead atoms. The van der Waals surface area contributed by atoms with E-state index >= 15 is 0 Å². The summed E-state index contributed by atoms with van der Waals surface area (Å²) in [6.45, 7) is 0.0122. The molecule has 0 saturated carbocycles. The molecule has 0 atom stereocenters. The van der Waals surface area contributed by atoms with Gasteiger partial charge in [0.1, 0.15) is 5.59 Å². The van der Waals surface area contributed by atoms with Gasteiger partial charge in [-0.1, -0.05) is 0 Å². The Hall–Kier alpha value is -2.16. The number of nitrogens with two attached hydrogens (primary N) is 1. The normalized spacial score (nSPS) is 17.7. The molecule has 1 aliphatic heterocycles. The third-order valence-corrected chi connectivity index (χ3v) is 2.21. The van der Waals surface area contributed by atoms with Gasteiger partial charge in [0.25, 0.3) is 0 Å². The zero-order chi connectivity index (χ0) is 13.1. The number of nitrogen functional groups attached to an aromatic ring is 1. The highest BCUT2D eigenvalue weighted by Crippen LogP contribution is 2.00. The molecule has 1 saturated heterocycles. The Labute approximate surface area is 103 Å². The van der Waals surface area contributed by atoms with Crippen molar-refractivity contribution < 1.29 is 18.9 Å². The molecule has 8 nitrogen and oxygen atoms in total. The average Bonchev–Trinajstić information content (AvgIpc) is 2.25. The van der Waals surface area contributed by atoms with E-state index in [2.05, 4.69) is 9.97 Å². The maximum atomic E-state index is 11.5. The smallest absolute Gasteiger partial charge is 0.493 e. The third-order valence-electron chi connectivity index (χ3n) is 2.21. The molecule has 0 aliphatic carbocycles. The molecule has 1 aliphatic rings. The van der Waals surface area contributed by atoms with Crippen molar-refractivity contribution in [3.05, 3.63) is 12.3 Å². The van der Waals surface area contributed by atoms with Crippen molar-refractivity contribution in [2.24, 2.45) is 0 Å². The number of carbonyl (C=O) groups is 2. The highest BCUT2D eigenvalue weighted by atomic mass is 16.6. The van der Waals surface area contributed by atoms with Crippen molar-refractivity contribution in [3.63, 3.8) is 0 Å². The van der Waals surface area contributed by atoms with Crippen LogP contribution >= 0.6 is 0 Å². The van der Waals surface area contributed by atoms with Gasteiger partial charge in [-0.05, 0) is 13.1 Å². The first kappa shape index (κ1) is 12.3. The Morgan fingerprint density at radius 1 is 1.33 bits per heavy atom. The fourth-order valence-corrected chi connectivity index (χ4v) is 1.47. The largest absolute Gasteiger partial charge is 0.656 e. The Kier molecular flexibility index (Phi) is 3.42. The summed E-state index contributed by atoms with van der Waals surface area (Å²) in [5, 5.41) is 0. The van der Waals surface area contributed by atoms with Gasteiger partial charge >= 0.3 is 19.1 Å². The summed E-state index contributed by atoms with van der Waals surface area (Å²) in [6.07, 6.45) is 1.39. The molecule has 0 unspecified atom stereocenters. The number of nitrogens with zero attached hydrogens (tertiary/aromatic N) is 3. The second kappa shape index (κ2) is 5.00. The van der Waals surface area contributed by atoms with Gasteiger partial charge in [0, 0.05) is 6.20 Å². The van der Waals surface area contributed by atoms with Gasteiger partial charge in [0.15, 0.2) is 0 Å². The summed E-state index contributed by atoms with van der Waals surface area (Å²) in [6, 6.07) is 1.47. The quantitative estimate of drug-likeness (QED) is 0.558. The highest BCUT2D eigenvalue weighted by Gasteiger charge is 2.35. The second-order valence-corrected chi connectivity index (χ2v) is 3.82. The van der Waals surface area contributed by atoms with E-state index < -0.39 is 19.1 Å². The predicted octanol–water partition coefficient (Wildman–Crippen LogP) is -2.21. The SMILES string of the molecule is CN1CC(=O)OB(c2ccnc(N)n2)OC(=O)C1.